The molecule has 11 heteroatoms. The predicted octanol–water partition coefficient (Wildman–Crippen LogP) is 5.30. The van der Waals surface area contributed by atoms with Crippen LogP contribution in [-0.2, 0) is 30.0 Å². The van der Waals surface area contributed by atoms with Gasteiger partial charge < -0.3 is 14.6 Å². The third-order valence-corrected chi connectivity index (χ3v) is 7.62. The van der Waals surface area contributed by atoms with Crippen molar-refractivity contribution in [2.45, 2.75) is 31.0 Å². The lowest BCUT2D eigenvalue weighted by Crippen LogP contribution is -2.41. The van der Waals surface area contributed by atoms with Gasteiger partial charge in [-0.15, -0.1) is 5.10 Å². The molecule has 0 bridgehead atoms. The molecule has 1 aliphatic rings. The minimum Gasteiger partial charge on any atom is -0.481 e. The Hall–Kier alpha value is -3.21. The molecule has 2 aromatic heterocycles. The van der Waals surface area contributed by atoms with Crippen molar-refractivity contribution < 1.29 is 27.8 Å². The summed E-state index contributed by atoms with van der Waals surface area (Å²) >= 11 is 6.91. The molecule has 5 rings (SSSR count). The summed E-state index contributed by atoms with van der Waals surface area (Å²) in [7, 11) is 3.20. The van der Waals surface area contributed by atoms with E-state index < -0.39 is 17.3 Å². The summed E-state index contributed by atoms with van der Waals surface area (Å²) in [6.07, 6.45) is -1.35. The van der Waals surface area contributed by atoms with Crippen LogP contribution in [0.15, 0.2) is 48.7 Å². The normalized spacial score (nSPS) is 16.5. The van der Waals surface area contributed by atoms with Gasteiger partial charge in [0.05, 0.1) is 35.1 Å². The van der Waals surface area contributed by atoms with E-state index in [1.807, 2.05) is 12.1 Å². The van der Waals surface area contributed by atoms with Gasteiger partial charge in [0, 0.05) is 43.5 Å². The number of rotatable bonds is 6. The number of benzene rings is 2. The number of aromatic nitrogens is 4. The number of nitrogens with zero attached hydrogens (tertiary/aromatic N) is 4. The van der Waals surface area contributed by atoms with Gasteiger partial charge in [-0.2, -0.15) is 13.2 Å². The summed E-state index contributed by atoms with van der Waals surface area (Å²) in [6, 6.07) is 10.3. The summed E-state index contributed by atoms with van der Waals surface area (Å²) in [6.45, 7) is 1.06. The zero-order valence-corrected chi connectivity index (χ0v) is 21.6. The van der Waals surface area contributed by atoms with Gasteiger partial charge in [0.15, 0.2) is 0 Å². The SMILES string of the molecule is COc1nc2ccc(C(O)(c3cnnn3C)C3CCOCC3)cc2c(Cl)c1Cc1ccc(C(F)(F)F)cc1. The van der Waals surface area contributed by atoms with Crippen LogP contribution in [0, 0.1) is 5.92 Å². The molecule has 1 saturated heterocycles. The van der Waals surface area contributed by atoms with E-state index >= 15 is 0 Å². The minimum atomic E-state index is -4.42. The molecule has 1 fully saturated rings. The van der Waals surface area contributed by atoms with E-state index in [9.17, 15) is 18.3 Å². The van der Waals surface area contributed by atoms with Crippen molar-refractivity contribution in [3.8, 4) is 5.88 Å². The summed E-state index contributed by atoms with van der Waals surface area (Å²) in [5, 5.41) is 21.2. The molecule has 7 nitrogen and oxygen atoms in total. The monoisotopic (exact) mass is 546 g/mol. The molecule has 0 amide bonds. The van der Waals surface area contributed by atoms with Crippen molar-refractivity contribution in [3.05, 3.63) is 81.6 Å². The summed E-state index contributed by atoms with van der Waals surface area (Å²) in [5.41, 5.74) is 0.739. The fraction of sp³-hybridized carbons (Fsp3) is 0.370. The average Bonchev–Trinajstić information content (AvgIpc) is 3.36. The van der Waals surface area contributed by atoms with Crippen molar-refractivity contribution in [1.82, 2.24) is 20.0 Å². The number of ether oxygens (including phenoxy) is 2. The van der Waals surface area contributed by atoms with Crippen LogP contribution in [0.3, 0.4) is 0 Å². The highest BCUT2D eigenvalue weighted by atomic mass is 35.5. The Morgan fingerprint density at radius 1 is 1.11 bits per heavy atom. The molecule has 1 N–H and O–H groups in total. The molecule has 0 radical (unpaired) electrons. The van der Waals surface area contributed by atoms with Crippen LogP contribution in [0.5, 0.6) is 5.88 Å². The Balaban J connectivity index is 1.61. The first-order valence-electron chi connectivity index (χ1n) is 12.1. The lowest BCUT2D eigenvalue weighted by molar-refractivity contribution is -0.137. The van der Waals surface area contributed by atoms with Gasteiger partial charge in [-0.3, -0.25) is 0 Å². The number of hydrogen-bond donors (Lipinski definition) is 1. The van der Waals surface area contributed by atoms with Crippen LogP contribution < -0.4 is 4.74 Å². The Labute approximate surface area is 222 Å². The lowest BCUT2D eigenvalue weighted by Gasteiger charge is -2.38. The number of pyridine rings is 1. The van der Waals surface area contributed by atoms with Gasteiger partial charge in [0.1, 0.15) is 5.60 Å². The summed E-state index contributed by atoms with van der Waals surface area (Å²) in [5.74, 6) is 0.133. The number of halogens is 4. The van der Waals surface area contributed by atoms with Gasteiger partial charge in [-0.25, -0.2) is 9.67 Å². The predicted molar refractivity (Wildman–Crippen MR) is 135 cm³/mol. The smallest absolute Gasteiger partial charge is 0.416 e. The van der Waals surface area contributed by atoms with E-state index in [4.69, 9.17) is 21.1 Å². The largest absolute Gasteiger partial charge is 0.481 e. The van der Waals surface area contributed by atoms with Crippen molar-refractivity contribution in [1.29, 1.82) is 0 Å². The molecular weight excluding hydrogens is 521 g/mol. The van der Waals surface area contributed by atoms with Gasteiger partial charge in [0.2, 0.25) is 5.88 Å². The van der Waals surface area contributed by atoms with Crippen molar-refractivity contribution >= 4 is 22.5 Å². The number of hydrogen-bond acceptors (Lipinski definition) is 6. The van der Waals surface area contributed by atoms with Crippen LogP contribution >= 0.6 is 11.6 Å². The maximum Gasteiger partial charge on any atom is 0.416 e. The van der Waals surface area contributed by atoms with Crippen LogP contribution in [-0.4, -0.2) is 45.4 Å². The molecule has 1 atom stereocenters. The van der Waals surface area contributed by atoms with Gasteiger partial charge in [-0.1, -0.05) is 35.0 Å². The van der Waals surface area contributed by atoms with E-state index in [2.05, 4.69) is 15.3 Å². The van der Waals surface area contributed by atoms with Gasteiger partial charge in [-0.05, 0) is 48.2 Å². The first-order chi connectivity index (χ1) is 18.1. The quantitative estimate of drug-likeness (QED) is 0.353. The van der Waals surface area contributed by atoms with Crippen molar-refractivity contribution in [3.63, 3.8) is 0 Å². The summed E-state index contributed by atoms with van der Waals surface area (Å²) in [4.78, 5) is 4.61. The Morgan fingerprint density at radius 2 is 1.79 bits per heavy atom. The standard InChI is InChI=1S/C27H26ClF3N4O3/c1-35-23(15-32-34-35)26(36,17-9-11-38-12-10-17)19-7-8-22-20(14-19)24(28)21(25(33-22)37-2)13-16-3-5-18(6-4-16)27(29,30)31/h3-8,14-15,17,36H,9-13H2,1-2H3. The van der Waals surface area contributed by atoms with E-state index in [1.165, 1.54) is 19.2 Å². The molecule has 3 heterocycles. The second-order valence-corrected chi connectivity index (χ2v) is 9.79. The third-order valence-electron chi connectivity index (χ3n) is 7.19. The van der Waals surface area contributed by atoms with E-state index in [1.54, 1.807) is 24.0 Å². The molecule has 1 unspecified atom stereocenters. The first kappa shape index (κ1) is 26.4. The molecule has 4 aromatic rings. The maximum atomic E-state index is 13.0. The maximum absolute atomic E-state index is 13.0. The minimum absolute atomic E-state index is 0.150. The van der Waals surface area contributed by atoms with Crippen LogP contribution in [0.25, 0.3) is 10.9 Å². The third kappa shape index (κ3) is 4.72. The molecule has 2 aromatic carbocycles. The zero-order chi connectivity index (χ0) is 27.1. The molecule has 1 aliphatic heterocycles. The highest BCUT2D eigenvalue weighted by Gasteiger charge is 2.43. The van der Waals surface area contributed by atoms with Crippen LogP contribution in [0.1, 0.15) is 40.8 Å². The second kappa shape index (κ2) is 10.2. The number of fused-ring (bicyclic) bond motifs is 1. The van der Waals surface area contributed by atoms with Crippen molar-refractivity contribution in [2.24, 2.45) is 13.0 Å². The van der Waals surface area contributed by atoms with Crippen LogP contribution in [0.4, 0.5) is 13.2 Å². The Bertz CT molecular complexity index is 1450. The Morgan fingerprint density at radius 3 is 2.39 bits per heavy atom. The molecule has 200 valence electrons. The second-order valence-electron chi connectivity index (χ2n) is 9.41. The average molecular weight is 547 g/mol. The van der Waals surface area contributed by atoms with Crippen molar-refractivity contribution in [2.75, 3.05) is 20.3 Å². The topological polar surface area (TPSA) is 82.3 Å². The fourth-order valence-corrected chi connectivity index (χ4v) is 5.46. The van der Waals surface area contributed by atoms with E-state index in [0.717, 1.165) is 12.1 Å². The molecule has 0 saturated carbocycles. The fourth-order valence-electron chi connectivity index (χ4n) is 5.16. The lowest BCUT2D eigenvalue weighted by atomic mass is 9.74. The zero-order valence-electron chi connectivity index (χ0n) is 20.8. The van der Waals surface area contributed by atoms with E-state index in [-0.39, 0.29) is 18.2 Å². The highest BCUT2D eigenvalue weighted by Crippen LogP contribution is 2.43. The molecule has 38 heavy (non-hydrogen) atoms. The van der Waals surface area contributed by atoms with Crippen LogP contribution in [0.2, 0.25) is 5.02 Å². The first-order valence-corrected chi connectivity index (χ1v) is 12.5. The van der Waals surface area contributed by atoms with Gasteiger partial charge >= 0.3 is 6.18 Å². The Kier molecular flexibility index (Phi) is 7.06. The summed E-state index contributed by atoms with van der Waals surface area (Å²) < 4.78 is 51.6. The number of aryl methyl sites for hydroxylation is 1. The number of alkyl halides is 3. The van der Waals surface area contributed by atoms with E-state index in [0.29, 0.717) is 64.4 Å². The number of methoxy groups -OCH3 is 1. The molecular formula is C27H26ClF3N4O3. The molecule has 0 spiro atoms. The number of aliphatic hydroxyl groups is 1. The van der Waals surface area contributed by atoms with Gasteiger partial charge in [0.25, 0.3) is 0 Å². The highest BCUT2D eigenvalue weighted by molar-refractivity contribution is 6.36. The molecule has 0 aliphatic carbocycles.